The number of hydrogen-bond acceptors (Lipinski definition) is 2. The first kappa shape index (κ1) is 8.65. The van der Waals surface area contributed by atoms with E-state index in [0.29, 0.717) is 6.29 Å². The van der Waals surface area contributed by atoms with E-state index in [1.165, 1.54) is 0 Å². The lowest BCUT2D eigenvalue weighted by atomic mass is 9.91. The molecule has 3 heteroatoms. The zero-order valence-corrected chi connectivity index (χ0v) is 6.84. The van der Waals surface area contributed by atoms with Gasteiger partial charge in [-0.15, -0.1) is 0 Å². The van der Waals surface area contributed by atoms with Gasteiger partial charge in [0.1, 0.15) is 0 Å². The van der Waals surface area contributed by atoms with Crippen LogP contribution in [0.3, 0.4) is 0 Å². The lowest BCUT2D eigenvalue weighted by Crippen LogP contribution is -2.41. The van der Waals surface area contributed by atoms with Crippen LogP contribution in [0.25, 0.3) is 0 Å². The van der Waals surface area contributed by atoms with Crippen molar-refractivity contribution in [1.82, 2.24) is 0 Å². The zero-order valence-electron chi connectivity index (χ0n) is 6.84. The van der Waals surface area contributed by atoms with E-state index in [2.05, 4.69) is 0 Å². The molecular weight excluding hydrogens is 147 g/mol. The fourth-order valence-corrected chi connectivity index (χ4v) is 1.63. The largest absolute Gasteiger partial charge is 0.375 e. The summed E-state index contributed by atoms with van der Waals surface area (Å²) >= 11 is 0. The van der Waals surface area contributed by atoms with Gasteiger partial charge in [-0.05, 0) is 13.8 Å². The van der Waals surface area contributed by atoms with Gasteiger partial charge in [-0.1, -0.05) is 0 Å². The van der Waals surface area contributed by atoms with Gasteiger partial charge in [-0.25, -0.2) is 4.39 Å². The van der Waals surface area contributed by atoms with Crippen molar-refractivity contribution in [3.8, 4) is 0 Å². The Kier molecular flexibility index (Phi) is 2.28. The predicted octanol–water partition coefficient (Wildman–Crippen LogP) is 1.48. The third-order valence-corrected chi connectivity index (χ3v) is 1.93. The van der Waals surface area contributed by atoms with Crippen LogP contribution >= 0.6 is 0 Å². The molecule has 0 radical (unpaired) electrons. The highest BCUT2D eigenvalue weighted by Crippen LogP contribution is 2.30. The van der Waals surface area contributed by atoms with Gasteiger partial charge in [-0.3, -0.25) is 4.79 Å². The molecule has 0 aromatic rings. The molecule has 1 aliphatic rings. The first-order valence-corrected chi connectivity index (χ1v) is 3.86. The molecule has 0 aromatic carbocycles. The Morgan fingerprint density at radius 1 is 1.45 bits per heavy atom. The van der Waals surface area contributed by atoms with Gasteiger partial charge in [0.15, 0.2) is 12.0 Å². The predicted molar refractivity (Wildman–Crippen MR) is 39.1 cm³/mol. The highest BCUT2D eigenvalue weighted by Gasteiger charge is 2.38. The summed E-state index contributed by atoms with van der Waals surface area (Å²) in [6, 6.07) is 0. The molecule has 0 aliphatic carbocycles. The Morgan fingerprint density at radius 2 is 1.91 bits per heavy atom. The fraction of sp³-hybridized carbons (Fsp3) is 0.875. The van der Waals surface area contributed by atoms with Gasteiger partial charge in [0, 0.05) is 12.8 Å². The molecule has 1 fully saturated rings. The van der Waals surface area contributed by atoms with E-state index < -0.39 is 5.67 Å². The van der Waals surface area contributed by atoms with Crippen LogP contribution in [0.5, 0.6) is 0 Å². The van der Waals surface area contributed by atoms with Gasteiger partial charge < -0.3 is 4.74 Å². The number of rotatable bonds is 1. The fourth-order valence-electron chi connectivity index (χ4n) is 1.63. The maximum Gasteiger partial charge on any atom is 0.170 e. The topological polar surface area (TPSA) is 26.3 Å². The third-order valence-electron chi connectivity index (χ3n) is 1.93. The summed E-state index contributed by atoms with van der Waals surface area (Å²) in [6.07, 6.45) is 0.507. The first-order chi connectivity index (χ1) is 5.06. The van der Waals surface area contributed by atoms with Gasteiger partial charge in [0.05, 0.1) is 12.2 Å². The second-order valence-electron chi connectivity index (χ2n) is 3.32. The second kappa shape index (κ2) is 2.89. The summed E-state index contributed by atoms with van der Waals surface area (Å²) in [5.41, 5.74) is -1.64. The highest BCUT2D eigenvalue weighted by atomic mass is 19.1. The molecule has 11 heavy (non-hydrogen) atoms. The summed E-state index contributed by atoms with van der Waals surface area (Å²) in [5.74, 6) is 0. The van der Waals surface area contributed by atoms with Crippen molar-refractivity contribution in [1.29, 1.82) is 0 Å². The zero-order chi connectivity index (χ0) is 8.48. The van der Waals surface area contributed by atoms with E-state index in [9.17, 15) is 9.18 Å². The molecule has 2 unspecified atom stereocenters. The second-order valence-corrected chi connectivity index (χ2v) is 3.32. The Bertz CT molecular complexity index is 148. The number of carbonyl (C=O) groups excluding carboxylic acids is 1. The quantitative estimate of drug-likeness (QED) is 0.543. The molecule has 1 heterocycles. The van der Waals surface area contributed by atoms with E-state index >= 15 is 0 Å². The number of carbonyl (C=O) groups is 1. The Morgan fingerprint density at radius 3 is 2.27 bits per heavy atom. The van der Waals surface area contributed by atoms with Crippen molar-refractivity contribution >= 4 is 6.29 Å². The molecule has 0 N–H and O–H groups in total. The van der Waals surface area contributed by atoms with Crippen LogP contribution in [0.2, 0.25) is 0 Å². The van der Waals surface area contributed by atoms with E-state index in [4.69, 9.17) is 4.74 Å². The number of halogens is 1. The van der Waals surface area contributed by atoms with Crippen molar-refractivity contribution in [2.45, 2.75) is 44.6 Å². The molecule has 0 saturated carbocycles. The van der Waals surface area contributed by atoms with Crippen molar-refractivity contribution < 1.29 is 13.9 Å². The van der Waals surface area contributed by atoms with E-state index in [1.807, 2.05) is 0 Å². The van der Waals surface area contributed by atoms with Crippen molar-refractivity contribution in [2.75, 3.05) is 0 Å². The van der Waals surface area contributed by atoms with Gasteiger partial charge in [0.2, 0.25) is 0 Å². The summed E-state index contributed by atoms with van der Waals surface area (Å²) in [4.78, 5) is 10.3. The van der Waals surface area contributed by atoms with E-state index in [0.717, 1.165) is 0 Å². The molecule has 2 atom stereocenters. The highest BCUT2D eigenvalue weighted by molar-refractivity contribution is 5.62. The number of alkyl halides is 1. The average molecular weight is 160 g/mol. The molecule has 1 saturated heterocycles. The molecule has 1 aliphatic heterocycles. The molecule has 0 spiro atoms. The van der Waals surface area contributed by atoms with Crippen LogP contribution < -0.4 is 0 Å². The summed E-state index contributed by atoms with van der Waals surface area (Å²) in [7, 11) is 0. The van der Waals surface area contributed by atoms with Crippen molar-refractivity contribution in [3.05, 3.63) is 0 Å². The van der Waals surface area contributed by atoms with E-state index in [-0.39, 0.29) is 25.0 Å². The van der Waals surface area contributed by atoms with E-state index in [1.54, 1.807) is 13.8 Å². The van der Waals surface area contributed by atoms with Crippen LogP contribution in [0, 0.1) is 0 Å². The number of aldehydes is 1. The Balaban J connectivity index is 2.62. The molecule has 64 valence electrons. The lowest BCUT2D eigenvalue weighted by Gasteiger charge is -2.33. The van der Waals surface area contributed by atoms with Gasteiger partial charge in [0.25, 0.3) is 0 Å². The minimum atomic E-state index is -1.64. The van der Waals surface area contributed by atoms with Crippen LogP contribution in [0.1, 0.15) is 26.7 Å². The monoisotopic (exact) mass is 160 g/mol. The first-order valence-electron chi connectivity index (χ1n) is 3.86. The molecule has 0 bridgehead atoms. The smallest absolute Gasteiger partial charge is 0.170 e. The molecule has 2 nitrogen and oxygen atoms in total. The van der Waals surface area contributed by atoms with Gasteiger partial charge in [-0.2, -0.15) is 0 Å². The van der Waals surface area contributed by atoms with Crippen molar-refractivity contribution in [3.63, 3.8) is 0 Å². The summed E-state index contributed by atoms with van der Waals surface area (Å²) < 4.78 is 18.6. The normalized spacial score (nSPS) is 45.4. The third kappa shape index (κ3) is 1.99. The maximum absolute atomic E-state index is 13.4. The van der Waals surface area contributed by atoms with Gasteiger partial charge >= 0.3 is 0 Å². The minimum absolute atomic E-state index is 0.144. The van der Waals surface area contributed by atoms with Crippen molar-refractivity contribution in [2.24, 2.45) is 0 Å². The summed E-state index contributed by atoms with van der Waals surface area (Å²) in [5, 5.41) is 0. The number of hydrogen-bond donors (Lipinski definition) is 0. The molecule has 1 rings (SSSR count). The van der Waals surface area contributed by atoms with Crippen LogP contribution in [0.4, 0.5) is 4.39 Å². The van der Waals surface area contributed by atoms with Crippen LogP contribution in [-0.2, 0) is 9.53 Å². The molecule has 0 aromatic heterocycles. The number of ether oxygens (including phenoxy) is 1. The summed E-state index contributed by atoms with van der Waals surface area (Å²) in [6.45, 7) is 3.57. The van der Waals surface area contributed by atoms with Crippen LogP contribution in [0.15, 0.2) is 0 Å². The van der Waals surface area contributed by atoms with Crippen LogP contribution in [-0.4, -0.2) is 24.2 Å². The standard InChI is InChI=1S/C8H13FO2/c1-6-3-8(9,5-10)4-7(2)11-6/h5-7H,3-4H2,1-2H3. The maximum atomic E-state index is 13.4. The minimum Gasteiger partial charge on any atom is -0.375 e. The molecule has 0 amide bonds. The Labute approximate surface area is 65.7 Å². The molecular formula is C8H13FO2. The average Bonchev–Trinajstić information content (AvgIpc) is 1.84. The Hall–Kier alpha value is -0.440. The SMILES string of the molecule is CC1CC(F)(C=O)CC(C)O1. The lowest BCUT2D eigenvalue weighted by molar-refractivity contribution is -0.135.